The molecule has 4 nitrogen and oxygen atoms in total. The monoisotopic (exact) mass is 489 g/mol. The highest BCUT2D eigenvalue weighted by molar-refractivity contribution is 6.02. The molecule has 4 aliphatic rings. The molecule has 5 heteroatoms. The molecule has 0 saturated carbocycles. The summed E-state index contributed by atoms with van der Waals surface area (Å²) in [5, 5.41) is 5.63. The highest BCUT2D eigenvalue weighted by atomic mass is 19.1. The molecule has 2 atom stereocenters. The molecule has 2 heterocycles. The lowest BCUT2D eigenvalue weighted by Crippen LogP contribution is -2.40. The molecule has 3 aromatic carbocycles. The van der Waals surface area contributed by atoms with Gasteiger partial charge in [-0.1, -0.05) is 42.5 Å². The van der Waals surface area contributed by atoms with Crippen molar-refractivity contribution in [3.05, 3.63) is 118 Å². The molecule has 2 aliphatic heterocycles. The summed E-state index contributed by atoms with van der Waals surface area (Å²) in [6.45, 7) is 0.173. The molecule has 0 spiro atoms. The Balaban J connectivity index is 1.39. The van der Waals surface area contributed by atoms with Gasteiger partial charge in [-0.25, -0.2) is 4.39 Å². The lowest BCUT2D eigenvalue weighted by molar-refractivity contribution is 0.0943. The number of allylic oxidation sites excluding steroid dienone is 5. The molecule has 0 fully saturated rings. The van der Waals surface area contributed by atoms with Gasteiger partial charge in [-0.3, -0.25) is 4.79 Å². The summed E-state index contributed by atoms with van der Waals surface area (Å²) in [5.74, 6) is 0.816. The van der Waals surface area contributed by atoms with E-state index < -0.39 is 0 Å². The highest BCUT2D eigenvalue weighted by Crippen LogP contribution is 2.37. The number of ketones is 1. The van der Waals surface area contributed by atoms with Crippen LogP contribution in [0.5, 0.6) is 11.5 Å². The predicted octanol–water partition coefficient (Wildman–Crippen LogP) is 4.88. The summed E-state index contributed by atoms with van der Waals surface area (Å²) in [6.07, 6.45) is 15.6. The van der Waals surface area contributed by atoms with Crippen molar-refractivity contribution >= 4 is 17.9 Å². The number of nitrogens with one attached hydrogen (secondary N) is 1. The second-order valence-electron chi connectivity index (χ2n) is 9.74. The van der Waals surface area contributed by atoms with Crippen molar-refractivity contribution in [2.45, 2.75) is 18.8 Å². The number of ether oxygens (including phenoxy) is 2. The molecule has 0 aromatic heterocycles. The third kappa shape index (κ3) is 3.70. The number of hydrogen-bond donors (Lipinski definition) is 1. The Morgan fingerprint density at radius 2 is 1.81 bits per heavy atom. The first-order valence-electron chi connectivity index (χ1n) is 12.5. The van der Waals surface area contributed by atoms with Crippen molar-refractivity contribution in [1.82, 2.24) is 5.32 Å². The molecule has 37 heavy (non-hydrogen) atoms. The highest BCUT2D eigenvalue weighted by Gasteiger charge is 2.31. The van der Waals surface area contributed by atoms with Crippen molar-refractivity contribution in [2.75, 3.05) is 6.79 Å². The number of halogens is 1. The van der Waals surface area contributed by atoms with E-state index >= 15 is 0 Å². The molecule has 0 amide bonds. The van der Waals surface area contributed by atoms with E-state index in [0.717, 1.165) is 32.8 Å². The lowest BCUT2D eigenvalue weighted by Gasteiger charge is -2.30. The largest absolute Gasteiger partial charge is 0.454 e. The van der Waals surface area contributed by atoms with Gasteiger partial charge in [0.25, 0.3) is 0 Å². The topological polar surface area (TPSA) is 47.6 Å². The third-order valence-electron chi connectivity index (χ3n) is 7.65. The fourth-order valence-electron chi connectivity index (χ4n) is 5.88. The van der Waals surface area contributed by atoms with Crippen molar-refractivity contribution in [3.8, 4) is 22.6 Å². The van der Waals surface area contributed by atoms with E-state index in [-0.39, 0.29) is 30.2 Å². The number of carbonyl (C=O) groups is 1. The molecule has 1 N–H and O–H groups in total. The SMILES string of the molecule is O=C(c1ccc2c(c1)OCO2)C1C=c2c(ccc3c2=CCc2cc(F)ccc2-3)C(C2=CC=CC=CN2)C1. The van der Waals surface area contributed by atoms with Gasteiger partial charge >= 0.3 is 0 Å². The Morgan fingerprint density at radius 1 is 0.919 bits per heavy atom. The predicted molar refractivity (Wildman–Crippen MR) is 141 cm³/mol. The maximum atomic E-state index is 13.9. The van der Waals surface area contributed by atoms with Gasteiger partial charge in [0.05, 0.1) is 0 Å². The van der Waals surface area contributed by atoms with Crippen LogP contribution in [0.25, 0.3) is 23.3 Å². The van der Waals surface area contributed by atoms with Gasteiger partial charge in [0.1, 0.15) is 5.82 Å². The number of carbonyl (C=O) groups excluding carboxylic acids is 1. The Bertz CT molecular complexity index is 1680. The van der Waals surface area contributed by atoms with Crippen LogP contribution in [0.15, 0.2) is 84.7 Å². The average molecular weight is 490 g/mol. The molecule has 182 valence electrons. The van der Waals surface area contributed by atoms with E-state index in [1.807, 2.05) is 36.6 Å². The Kier molecular flexibility index (Phi) is 5.10. The van der Waals surface area contributed by atoms with Crippen molar-refractivity contribution < 1.29 is 18.7 Å². The van der Waals surface area contributed by atoms with E-state index in [1.165, 1.54) is 11.6 Å². The van der Waals surface area contributed by atoms with E-state index in [9.17, 15) is 9.18 Å². The van der Waals surface area contributed by atoms with Crippen molar-refractivity contribution in [1.29, 1.82) is 0 Å². The van der Waals surface area contributed by atoms with E-state index in [0.29, 0.717) is 29.9 Å². The van der Waals surface area contributed by atoms with E-state index in [4.69, 9.17) is 9.47 Å². The van der Waals surface area contributed by atoms with Crippen LogP contribution in [0.4, 0.5) is 4.39 Å². The van der Waals surface area contributed by atoms with Crippen LogP contribution < -0.4 is 25.2 Å². The first-order valence-corrected chi connectivity index (χ1v) is 12.5. The number of benzene rings is 3. The zero-order chi connectivity index (χ0) is 24.9. The van der Waals surface area contributed by atoms with Crippen LogP contribution in [-0.2, 0) is 6.42 Å². The zero-order valence-electron chi connectivity index (χ0n) is 20.0. The Morgan fingerprint density at radius 3 is 2.76 bits per heavy atom. The van der Waals surface area contributed by atoms with Crippen LogP contribution in [-0.4, -0.2) is 12.6 Å². The average Bonchev–Trinajstić information content (AvgIpc) is 3.23. The standard InChI is InChI=1S/C32H24FNO3/c33-22-7-9-23-19(14-22)5-8-25-24(23)10-11-26-27(25)15-21(16-28(26)29-4-2-1-3-13-34-29)32(35)20-6-12-30-31(17-20)37-18-36-30/h1-4,6-15,17,21,28,34H,5,16,18H2. The summed E-state index contributed by atoms with van der Waals surface area (Å²) in [6, 6.07) is 14.7. The van der Waals surface area contributed by atoms with Crippen LogP contribution in [0.1, 0.15) is 33.8 Å². The summed E-state index contributed by atoms with van der Waals surface area (Å²) in [4.78, 5) is 13.9. The Hall–Kier alpha value is -4.38. The molecule has 2 unspecified atom stereocenters. The molecule has 2 aliphatic carbocycles. The van der Waals surface area contributed by atoms with Crippen molar-refractivity contribution in [2.24, 2.45) is 5.92 Å². The molecule has 0 bridgehead atoms. The number of fused-ring (bicyclic) bond motifs is 6. The molecular formula is C32H24FNO3. The van der Waals surface area contributed by atoms with Gasteiger partial charge in [0, 0.05) is 29.3 Å². The first kappa shape index (κ1) is 21.9. The minimum atomic E-state index is -0.314. The van der Waals surface area contributed by atoms with Crippen LogP contribution in [0, 0.1) is 11.7 Å². The van der Waals surface area contributed by atoms with Crippen LogP contribution in [0.3, 0.4) is 0 Å². The summed E-state index contributed by atoms with van der Waals surface area (Å²) < 4.78 is 24.9. The smallest absolute Gasteiger partial charge is 0.231 e. The second-order valence-corrected chi connectivity index (χ2v) is 9.74. The van der Waals surface area contributed by atoms with E-state index in [2.05, 4.69) is 35.7 Å². The fraction of sp³-hybridized carbons (Fsp3) is 0.156. The zero-order valence-corrected chi connectivity index (χ0v) is 20.0. The first-order chi connectivity index (χ1) is 18.2. The summed E-state index contributed by atoms with van der Waals surface area (Å²) in [5.41, 5.74) is 5.97. The Labute approximate surface area is 213 Å². The molecule has 0 radical (unpaired) electrons. The van der Waals surface area contributed by atoms with Gasteiger partial charge in [-0.05, 0) is 88.0 Å². The van der Waals surface area contributed by atoms with Crippen molar-refractivity contribution in [3.63, 3.8) is 0 Å². The minimum Gasteiger partial charge on any atom is -0.454 e. The third-order valence-corrected chi connectivity index (χ3v) is 7.65. The second kappa shape index (κ2) is 8.63. The van der Waals surface area contributed by atoms with Crippen LogP contribution >= 0.6 is 0 Å². The number of hydrogen-bond acceptors (Lipinski definition) is 4. The van der Waals surface area contributed by atoms with E-state index in [1.54, 1.807) is 18.2 Å². The van der Waals surface area contributed by atoms with Gasteiger partial charge in [0.2, 0.25) is 6.79 Å². The van der Waals surface area contributed by atoms with Gasteiger partial charge < -0.3 is 14.8 Å². The molecule has 3 aromatic rings. The molecular weight excluding hydrogens is 465 g/mol. The lowest BCUT2D eigenvalue weighted by atomic mass is 9.75. The summed E-state index contributed by atoms with van der Waals surface area (Å²) >= 11 is 0. The maximum absolute atomic E-state index is 13.9. The fourth-order valence-corrected chi connectivity index (χ4v) is 5.88. The van der Waals surface area contributed by atoms with Gasteiger partial charge in [-0.15, -0.1) is 0 Å². The maximum Gasteiger partial charge on any atom is 0.231 e. The number of Topliss-reactive ketones (excluding diaryl/α,β-unsaturated/α-hetero) is 1. The van der Waals surface area contributed by atoms with Gasteiger partial charge in [-0.2, -0.15) is 0 Å². The molecule has 7 rings (SSSR count). The quantitative estimate of drug-likeness (QED) is 0.533. The minimum absolute atomic E-state index is 0.0173. The number of rotatable bonds is 3. The van der Waals surface area contributed by atoms with Crippen LogP contribution in [0.2, 0.25) is 0 Å². The summed E-state index contributed by atoms with van der Waals surface area (Å²) in [7, 11) is 0. The molecule has 0 saturated heterocycles. The van der Waals surface area contributed by atoms with Gasteiger partial charge in [0.15, 0.2) is 17.3 Å². The normalized spacial score (nSPS) is 20.3.